The molecule has 12 heteroatoms. The van der Waals surface area contributed by atoms with Gasteiger partial charge in [0.2, 0.25) is 12.4 Å². The summed E-state index contributed by atoms with van der Waals surface area (Å²) in [5.41, 5.74) is 0.563. The average Bonchev–Trinajstić information content (AvgIpc) is 3.50. The Morgan fingerprint density at radius 2 is 1.29 bits per heavy atom. The first-order chi connectivity index (χ1) is 19.9. The van der Waals surface area contributed by atoms with Crippen molar-refractivity contribution in [3.05, 3.63) is 130 Å². The average molecular weight is 560 g/mol. The summed E-state index contributed by atoms with van der Waals surface area (Å²) in [5, 5.41) is 11.8. The number of rotatable bonds is 12. The Morgan fingerprint density at radius 3 is 1.78 bits per heavy atom. The summed E-state index contributed by atoms with van der Waals surface area (Å²) in [7, 11) is 1.21. The lowest BCUT2D eigenvalue weighted by Crippen LogP contribution is -2.44. The zero-order chi connectivity index (χ0) is 29.2. The zero-order valence-electron chi connectivity index (χ0n) is 21.8. The van der Waals surface area contributed by atoms with Gasteiger partial charge in [0.15, 0.2) is 6.04 Å². The number of nitro groups is 1. The zero-order valence-corrected chi connectivity index (χ0v) is 21.8. The minimum absolute atomic E-state index is 0.155. The number of carbonyl (C=O) groups excluding carboxylic acids is 3. The summed E-state index contributed by atoms with van der Waals surface area (Å²) in [6, 6.07) is 22.7. The molecule has 0 amide bonds. The van der Waals surface area contributed by atoms with Gasteiger partial charge in [0.1, 0.15) is 19.0 Å². The third-order valence-corrected chi connectivity index (χ3v) is 5.93. The number of methoxy groups -OCH3 is 1. The van der Waals surface area contributed by atoms with Crippen molar-refractivity contribution in [3.63, 3.8) is 0 Å². The van der Waals surface area contributed by atoms with Crippen molar-refractivity contribution in [2.24, 2.45) is 0 Å². The molecule has 41 heavy (non-hydrogen) atoms. The lowest BCUT2D eigenvalue weighted by atomic mass is 10.1. The Hall–Kier alpha value is -5.36. The molecule has 0 fully saturated rings. The number of ether oxygens (including phenoxy) is 4. The molecule has 1 aromatic heterocycles. The molecule has 1 unspecified atom stereocenters. The van der Waals surface area contributed by atoms with Crippen LogP contribution in [0, 0.1) is 10.1 Å². The summed E-state index contributed by atoms with van der Waals surface area (Å²) in [6.07, 6.45) is -0.707. The monoisotopic (exact) mass is 559 g/mol. The van der Waals surface area contributed by atoms with Crippen LogP contribution in [0.1, 0.15) is 37.1 Å². The second kappa shape index (κ2) is 13.6. The van der Waals surface area contributed by atoms with E-state index in [1.165, 1.54) is 49.7 Å². The van der Waals surface area contributed by atoms with Crippen molar-refractivity contribution in [2.75, 3.05) is 13.7 Å². The van der Waals surface area contributed by atoms with Crippen molar-refractivity contribution in [1.82, 2.24) is 9.55 Å². The Kier molecular flexibility index (Phi) is 9.52. The molecule has 0 radical (unpaired) electrons. The SMILES string of the molecule is COC(OC(=O)c1ccccc1)[C@@H](OC(=O)c1ccccc1)[C@@H](COC(=O)c1ccccc1)n1ccnc1[N+](=O)[O-]. The Balaban J connectivity index is 1.73. The minimum Gasteiger partial charge on any atom is -0.458 e. The van der Waals surface area contributed by atoms with Gasteiger partial charge in [0.05, 0.1) is 16.7 Å². The molecule has 1 heterocycles. The van der Waals surface area contributed by atoms with Crippen LogP contribution in [0.15, 0.2) is 103 Å². The molecule has 210 valence electrons. The van der Waals surface area contributed by atoms with Crippen LogP contribution in [0.3, 0.4) is 0 Å². The van der Waals surface area contributed by atoms with Crippen LogP contribution in [0.4, 0.5) is 5.95 Å². The van der Waals surface area contributed by atoms with Gasteiger partial charge in [-0.25, -0.2) is 19.0 Å². The molecule has 0 aliphatic carbocycles. The highest BCUT2D eigenvalue weighted by Crippen LogP contribution is 2.28. The fraction of sp³-hybridized carbons (Fsp3) is 0.172. The number of imidazole rings is 1. The summed E-state index contributed by atoms with van der Waals surface area (Å²) >= 11 is 0. The van der Waals surface area contributed by atoms with E-state index in [2.05, 4.69) is 4.98 Å². The van der Waals surface area contributed by atoms with Crippen molar-refractivity contribution < 1.29 is 38.3 Å². The van der Waals surface area contributed by atoms with Gasteiger partial charge in [-0.3, -0.25) is 0 Å². The molecule has 3 aromatic carbocycles. The molecule has 0 saturated carbocycles. The number of esters is 3. The van der Waals surface area contributed by atoms with Crippen LogP contribution >= 0.6 is 0 Å². The molecule has 0 saturated heterocycles. The van der Waals surface area contributed by atoms with Gasteiger partial charge in [-0.2, -0.15) is 0 Å². The second-order valence-corrected chi connectivity index (χ2v) is 8.53. The smallest absolute Gasteiger partial charge is 0.435 e. The largest absolute Gasteiger partial charge is 0.458 e. The van der Waals surface area contributed by atoms with Crippen LogP contribution in [0.25, 0.3) is 0 Å². The predicted molar refractivity (Wildman–Crippen MR) is 143 cm³/mol. The standard InChI is InChI=1S/C29H25N3O9/c1-38-28(41-27(35)22-15-9-4-10-16-22)24(40-26(34)21-13-7-3-8-14-21)23(31-18-17-30-29(31)32(36)37)19-39-25(33)20-11-5-2-6-12-20/h2-18,23-24,28H,19H2,1H3/t23-,24+,28?/m1/s1. The molecule has 4 aromatic rings. The van der Waals surface area contributed by atoms with Gasteiger partial charge in [-0.1, -0.05) is 59.6 Å². The fourth-order valence-electron chi connectivity index (χ4n) is 3.94. The fourth-order valence-corrected chi connectivity index (χ4v) is 3.94. The molecule has 4 rings (SSSR count). The summed E-state index contributed by atoms with van der Waals surface area (Å²) in [5.74, 6) is -3.01. The number of nitrogens with zero attached hydrogens (tertiary/aromatic N) is 3. The Morgan fingerprint density at radius 1 is 0.805 bits per heavy atom. The molecular formula is C29H25N3O9. The number of hydrogen-bond donors (Lipinski definition) is 0. The molecule has 0 bridgehead atoms. The minimum atomic E-state index is -1.59. The number of benzene rings is 3. The first kappa shape index (κ1) is 28.6. The van der Waals surface area contributed by atoms with Crippen LogP contribution in [0.5, 0.6) is 0 Å². The van der Waals surface area contributed by atoms with Crippen LogP contribution in [0.2, 0.25) is 0 Å². The summed E-state index contributed by atoms with van der Waals surface area (Å²) < 4.78 is 23.4. The van der Waals surface area contributed by atoms with Crippen LogP contribution in [-0.2, 0) is 18.9 Å². The maximum atomic E-state index is 13.2. The molecule has 0 spiro atoms. The van der Waals surface area contributed by atoms with E-state index in [1.807, 2.05) is 0 Å². The molecular weight excluding hydrogens is 534 g/mol. The first-order valence-electron chi connectivity index (χ1n) is 12.3. The third kappa shape index (κ3) is 7.19. The van der Waals surface area contributed by atoms with E-state index in [4.69, 9.17) is 18.9 Å². The van der Waals surface area contributed by atoms with Crippen LogP contribution in [-0.4, -0.2) is 58.5 Å². The van der Waals surface area contributed by atoms with Crippen molar-refractivity contribution in [3.8, 4) is 0 Å². The van der Waals surface area contributed by atoms with Crippen molar-refractivity contribution >= 4 is 23.9 Å². The quantitative estimate of drug-likeness (QED) is 0.0811. The van der Waals surface area contributed by atoms with Gasteiger partial charge < -0.3 is 29.1 Å². The molecule has 3 atom stereocenters. The van der Waals surface area contributed by atoms with E-state index >= 15 is 0 Å². The molecule has 12 nitrogen and oxygen atoms in total. The number of aromatic nitrogens is 2. The van der Waals surface area contributed by atoms with Gasteiger partial charge >= 0.3 is 23.9 Å². The van der Waals surface area contributed by atoms with E-state index in [1.54, 1.807) is 54.6 Å². The summed E-state index contributed by atoms with van der Waals surface area (Å²) in [6.45, 7) is -0.541. The maximum absolute atomic E-state index is 13.2. The lowest BCUT2D eigenvalue weighted by molar-refractivity contribution is -0.397. The molecule has 0 aliphatic rings. The molecule has 0 N–H and O–H groups in total. The Bertz CT molecular complexity index is 1480. The highest BCUT2D eigenvalue weighted by Gasteiger charge is 2.42. The summed E-state index contributed by atoms with van der Waals surface area (Å²) in [4.78, 5) is 53.8. The van der Waals surface area contributed by atoms with Gasteiger partial charge in [0, 0.05) is 7.11 Å². The Labute approximate surface area is 234 Å². The number of carbonyl (C=O) groups is 3. The van der Waals surface area contributed by atoms with Gasteiger partial charge in [-0.15, -0.1) is 0 Å². The lowest BCUT2D eigenvalue weighted by Gasteiger charge is -2.30. The molecule has 0 aliphatic heterocycles. The predicted octanol–water partition coefficient (Wildman–Crippen LogP) is 4.24. The topological polar surface area (TPSA) is 149 Å². The maximum Gasteiger partial charge on any atom is 0.435 e. The number of hydrogen-bond acceptors (Lipinski definition) is 10. The highest BCUT2D eigenvalue weighted by molar-refractivity contribution is 5.90. The second-order valence-electron chi connectivity index (χ2n) is 8.53. The van der Waals surface area contributed by atoms with E-state index in [-0.39, 0.29) is 16.7 Å². The van der Waals surface area contributed by atoms with Gasteiger partial charge in [-0.05, 0) is 41.3 Å². The van der Waals surface area contributed by atoms with Crippen molar-refractivity contribution in [2.45, 2.75) is 18.4 Å². The van der Waals surface area contributed by atoms with E-state index in [9.17, 15) is 24.5 Å². The third-order valence-electron chi connectivity index (χ3n) is 5.93. The van der Waals surface area contributed by atoms with E-state index < -0.39 is 53.8 Å². The normalized spacial score (nSPS) is 12.9. The highest BCUT2D eigenvalue weighted by atomic mass is 16.7. The first-order valence-corrected chi connectivity index (χ1v) is 12.3. The van der Waals surface area contributed by atoms with Gasteiger partial charge in [0.25, 0.3) is 0 Å². The van der Waals surface area contributed by atoms with Crippen LogP contribution < -0.4 is 0 Å². The van der Waals surface area contributed by atoms with E-state index in [0.29, 0.717) is 0 Å². The van der Waals surface area contributed by atoms with Crippen molar-refractivity contribution in [1.29, 1.82) is 0 Å². The van der Waals surface area contributed by atoms with E-state index in [0.717, 1.165) is 10.8 Å².